The Labute approximate surface area is 172 Å². The quantitative estimate of drug-likeness (QED) is 0.724. The van der Waals surface area contributed by atoms with Crippen molar-refractivity contribution in [1.82, 2.24) is 10.3 Å². The number of benzene rings is 1. The Morgan fingerprint density at radius 2 is 2.03 bits per heavy atom. The molecule has 2 atom stereocenters. The van der Waals surface area contributed by atoms with E-state index in [0.29, 0.717) is 12.6 Å². The fourth-order valence-corrected chi connectivity index (χ4v) is 4.67. The summed E-state index contributed by atoms with van der Waals surface area (Å²) in [6.07, 6.45) is 8.85. The number of methoxy groups -OCH3 is 2. The van der Waals surface area contributed by atoms with Gasteiger partial charge in [-0.05, 0) is 61.4 Å². The number of pyridine rings is 1. The van der Waals surface area contributed by atoms with Crippen molar-refractivity contribution >= 4 is 5.71 Å². The van der Waals surface area contributed by atoms with Gasteiger partial charge in [0, 0.05) is 30.4 Å². The predicted molar refractivity (Wildman–Crippen MR) is 112 cm³/mol. The lowest BCUT2D eigenvalue weighted by molar-refractivity contribution is 0.125. The molecule has 1 aromatic carbocycles. The molecule has 2 fully saturated rings. The smallest absolute Gasteiger partial charge is 0.160 e. The van der Waals surface area contributed by atoms with Crippen molar-refractivity contribution in [3.8, 4) is 11.5 Å². The maximum atomic E-state index is 5.60. The fraction of sp³-hybridized carbons (Fsp3) is 0.478. The minimum atomic E-state index is 0.266. The summed E-state index contributed by atoms with van der Waals surface area (Å²) in [5.41, 5.74) is 3.75. The van der Waals surface area contributed by atoms with Crippen LogP contribution in [-0.2, 0) is 17.9 Å². The number of nitrogens with zero attached hydrogens (tertiary/aromatic N) is 2. The Balaban J connectivity index is 1.41. The van der Waals surface area contributed by atoms with Gasteiger partial charge in [0.2, 0.25) is 0 Å². The molecule has 1 aromatic heterocycles. The van der Waals surface area contributed by atoms with Gasteiger partial charge >= 0.3 is 0 Å². The van der Waals surface area contributed by atoms with Crippen LogP contribution in [0.25, 0.3) is 0 Å². The van der Waals surface area contributed by atoms with Crippen LogP contribution < -0.4 is 14.8 Å². The molecule has 0 bridgehead atoms. The monoisotopic (exact) mass is 395 g/mol. The van der Waals surface area contributed by atoms with E-state index < -0.39 is 0 Å². The van der Waals surface area contributed by atoms with E-state index in [2.05, 4.69) is 27.6 Å². The van der Waals surface area contributed by atoms with Crippen molar-refractivity contribution in [3.05, 3.63) is 53.9 Å². The molecule has 1 aliphatic carbocycles. The molecule has 1 saturated heterocycles. The van der Waals surface area contributed by atoms with Crippen LogP contribution in [0.4, 0.5) is 0 Å². The average molecular weight is 396 g/mol. The van der Waals surface area contributed by atoms with Gasteiger partial charge < -0.3 is 19.6 Å². The highest BCUT2D eigenvalue weighted by Gasteiger charge is 2.45. The van der Waals surface area contributed by atoms with Crippen molar-refractivity contribution in [1.29, 1.82) is 0 Å². The largest absolute Gasteiger partial charge is 0.493 e. The molecule has 154 valence electrons. The maximum Gasteiger partial charge on any atom is 0.160 e. The van der Waals surface area contributed by atoms with Gasteiger partial charge in [-0.15, -0.1) is 0 Å². The van der Waals surface area contributed by atoms with Crippen LogP contribution in [0.15, 0.2) is 47.9 Å². The third-order valence-corrected chi connectivity index (χ3v) is 6.26. The highest BCUT2D eigenvalue weighted by molar-refractivity contribution is 5.85. The molecule has 0 radical (unpaired) electrons. The van der Waals surface area contributed by atoms with E-state index in [1.54, 1.807) is 20.4 Å². The Morgan fingerprint density at radius 3 is 2.83 bits per heavy atom. The van der Waals surface area contributed by atoms with Crippen LogP contribution in [0.5, 0.6) is 11.5 Å². The molecular weight excluding hydrogens is 366 g/mol. The molecule has 4 rings (SSSR count). The maximum absolute atomic E-state index is 5.60. The van der Waals surface area contributed by atoms with Crippen LogP contribution >= 0.6 is 0 Å². The molecular formula is C23H29N3O3. The summed E-state index contributed by atoms with van der Waals surface area (Å²) < 4.78 is 10.9. The Bertz CT molecular complexity index is 856. The van der Waals surface area contributed by atoms with Gasteiger partial charge in [0.15, 0.2) is 11.5 Å². The van der Waals surface area contributed by atoms with E-state index in [1.165, 1.54) is 12.0 Å². The van der Waals surface area contributed by atoms with Crippen LogP contribution in [0.2, 0.25) is 0 Å². The van der Waals surface area contributed by atoms with Crippen molar-refractivity contribution in [2.75, 3.05) is 20.8 Å². The molecule has 1 N–H and O–H groups in total. The molecule has 29 heavy (non-hydrogen) atoms. The number of ether oxygens (including phenoxy) is 2. The average Bonchev–Trinajstić information content (AvgIpc) is 3.17. The lowest BCUT2D eigenvalue weighted by Crippen LogP contribution is -2.44. The van der Waals surface area contributed by atoms with Crippen LogP contribution in [-0.4, -0.2) is 37.5 Å². The number of aromatic nitrogens is 1. The number of nitrogens with one attached hydrogen (secondary N) is 1. The van der Waals surface area contributed by atoms with E-state index in [1.807, 2.05) is 24.4 Å². The zero-order valence-electron chi connectivity index (χ0n) is 17.2. The number of oxime groups is 1. The first-order chi connectivity index (χ1) is 14.2. The Kier molecular flexibility index (Phi) is 6.00. The summed E-state index contributed by atoms with van der Waals surface area (Å²) in [6, 6.07) is 10.6. The second kappa shape index (κ2) is 8.82. The van der Waals surface area contributed by atoms with Gasteiger partial charge in [0.25, 0.3) is 0 Å². The molecule has 2 aliphatic rings. The fourth-order valence-electron chi connectivity index (χ4n) is 4.67. The van der Waals surface area contributed by atoms with E-state index in [0.717, 1.165) is 55.0 Å². The molecule has 2 heterocycles. The summed E-state index contributed by atoms with van der Waals surface area (Å²) in [6.45, 7) is 1.52. The van der Waals surface area contributed by atoms with E-state index in [-0.39, 0.29) is 5.41 Å². The number of fused-ring (bicyclic) bond motifs is 1. The summed E-state index contributed by atoms with van der Waals surface area (Å²) >= 11 is 0. The first kappa shape index (κ1) is 19.7. The Hall–Kier alpha value is -2.60. The van der Waals surface area contributed by atoms with E-state index >= 15 is 0 Å². The normalized spacial score (nSPS) is 24.9. The second-order valence-electron chi connectivity index (χ2n) is 7.98. The van der Waals surface area contributed by atoms with Crippen LogP contribution in [0.3, 0.4) is 0 Å². The molecule has 6 heteroatoms. The summed E-state index contributed by atoms with van der Waals surface area (Å²) in [5, 5.41) is 8.15. The SMILES string of the molecule is COc1ccc(C[C@@]23CCNC2CC(=NOCc2cccnc2)CC3)cc1OC. The van der Waals surface area contributed by atoms with Gasteiger partial charge in [0.05, 0.1) is 19.9 Å². The summed E-state index contributed by atoms with van der Waals surface area (Å²) in [7, 11) is 3.36. The molecule has 1 saturated carbocycles. The minimum absolute atomic E-state index is 0.266. The number of hydrogen-bond acceptors (Lipinski definition) is 6. The van der Waals surface area contributed by atoms with Crippen molar-refractivity contribution < 1.29 is 14.3 Å². The second-order valence-corrected chi connectivity index (χ2v) is 7.98. The molecule has 0 spiro atoms. The van der Waals surface area contributed by atoms with E-state index in [4.69, 9.17) is 14.3 Å². The van der Waals surface area contributed by atoms with Gasteiger partial charge in [-0.25, -0.2) is 0 Å². The molecule has 0 amide bonds. The first-order valence-corrected chi connectivity index (χ1v) is 10.2. The lowest BCUT2D eigenvalue weighted by atomic mass is 9.67. The Morgan fingerprint density at radius 1 is 1.14 bits per heavy atom. The van der Waals surface area contributed by atoms with Gasteiger partial charge in [-0.2, -0.15) is 0 Å². The third kappa shape index (κ3) is 4.37. The molecule has 1 aliphatic heterocycles. The number of rotatable bonds is 7. The van der Waals surface area contributed by atoms with Gasteiger partial charge in [-0.1, -0.05) is 17.3 Å². The minimum Gasteiger partial charge on any atom is -0.493 e. The van der Waals surface area contributed by atoms with Crippen molar-refractivity contribution in [2.45, 2.75) is 44.8 Å². The third-order valence-electron chi connectivity index (χ3n) is 6.26. The first-order valence-electron chi connectivity index (χ1n) is 10.2. The summed E-state index contributed by atoms with van der Waals surface area (Å²) in [4.78, 5) is 9.71. The summed E-state index contributed by atoms with van der Waals surface area (Å²) in [5.74, 6) is 1.57. The molecule has 6 nitrogen and oxygen atoms in total. The van der Waals surface area contributed by atoms with Crippen molar-refractivity contribution in [2.24, 2.45) is 10.6 Å². The topological polar surface area (TPSA) is 65.0 Å². The highest BCUT2D eigenvalue weighted by Crippen LogP contribution is 2.45. The lowest BCUT2D eigenvalue weighted by Gasteiger charge is -2.39. The van der Waals surface area contributed by atoms with Crippen LogP contribution in [0, 0.1) is 5.41 Å². The zero-order valence-corrected chi connectivity index (χ0v) is 17.2. The standard InChI is InChI=1S/C23H29N3O3/c1-27-20-6-5-17(12-21(20)28-2)14-23-8-7-19(13-22(23)25-11-9-23)26-29-16-18-4-3-10-24-15-18/h3-6,10,12,15,22,25H,7-9,11,13-14,16H2,1-2H3/t22?,23-/m1/s1. The molecule has 1 unspecified atom stereocenters. The zero-order chi connectivity index (χ0) is 20.1. The van der Waals surface area contributed by atoms with Gasteiger partial charge in [0.1, 0.15) is 6.61 Å². The predicted octanol–water partition coefficient (Wildman–Crippen LogP) is 3.75. The highest BCUT2D eigenvalue weighted by atomic mass is 16.6. The van der Waals surface area contributed by atoms with Crippen molar-refractivity contribution in [3.63, 3.8) is 0 Å². The molecule has 2 aromatic rings. The number of hydrogen-bond donors (Lipinski definition) is 1. The van der Waals surface area contributed by atoms with Gasteiger partial charge in [-0.3, -0.25) is 4.98 Å². The van der Waals surface area contributed by atoms with Crippen LogP contribution in [0.1, 0.15) is 36.8 Å². The van der Waals surface area contributed by atoms with E-state index in [9.17, 15) is 0 Å².